The van der Waals surface area contributed by atoms with Crippen molar-refractivity contribution < 1.29 is 0 Å². The lowest BCUT2D eigenvalue weighted by molar-refractivity contribution is 0.545. The van der Waals surface area contributed by atoms with Gasteiger partial charge in [0.1, 0.15) is 11.6 Å². The summed E-state index contributed by atoms with van der Waals surface area (Å²) in [5.74, 6) is 1.83. The zero-order chi connectivity index (χ0) is 12.3. The summed E-state index contributed by atoms with van der Waals surface area (Å²) in [6.07, 6.45) is 0.943. The maximum absolute atomic E-state index is 4.49. The average Bonchev–Trinajstić information content (AvgIpc) is 2.27. The van der Waals surface area contributed by atoms with Gasteiger partial charge in [-0.1, -0.05) is 22.9 Å². The molecule has 0 N–H and O–H groups in total. The van der Waals surface area contributed by atoms with E-state index in [0.717, 1.165) is 29.1 Å². The van der Waals surface area contributed by atoms with Gasteiger partial charge in [-0.25, -0.2) is 9.97 Å². The zero-order valence-electron chi connectivity index (χ0n) is 10.7. The van der Waals surface area contributed by atoms with Gasteiger partial charge in [-0.2, -0.15) is 0 Å². The molecule has 1 heterocycles. The molecule has 0 atom stereocenters. The quantitative estimate of drug-likeness (QED) is 0.797. The smallest absolute Gasteiger partial charge is 0.132 e. The average molecular weight is 286 g/mol. The van der Waals surface area contributed by atoms with Crippen LogP contribution in [0.25, 0.3) is 0 Å². The van der Waals surface area contributed by atoms with E-state index in [2.05, 4.69) is 64.7 Å². The number of aromatic nitrogens is 2. The van der Waals surface area contributed by atoms with Crippen LogP contribution in [0.3, 0.4) is 0 Å². The predicted molar refractivity (Wildman–Crippen MR) is 72.4 cm³/mol. The van der Waals surface area contributed by atoms with Crippen LogP contribution in [0.4, 0.5) is 5.82 Å². The van der Waals surface area contributed by atoms with Gasteiger partial charge < -0.3 is 4.90 Å². The summed E-state index contributed by atoms with van der Waals surface area (Å²) >= 11 is 3.54. The summed E-state index contributed by atoms with van der Waals surface area (Å²) in [5, 5.41) is 0.904. The molecule has 0 aliphatic carbocycles. The van der Waals surface area contributed by atoms with Crippen LogP contribution in [-0.2, 0) is 6.42 Å². The molecule has 16 heavy (non-hydrogen) atoms. The minimum Gasteiger partial charge on any atom is -0.354 e. The summed E-state index contributed by atoms with van der Waals surface area (Å²) in [6.45, 7) is 8.43. The number of nitrogens with zero attached hydrogens (tertiary/aromatic N) is 3. The number of halogens is 1. The number of anilines is 1. The van der Waals surface area contributed by atoms with Gasteiger partial charge in [0.05, 0.1) is 0 Å². The summed E-state index contributed by atoms with van der Waals surface area (Å²) in [4.78, 5) is 11.1. The van der Waals surface area contributed by atoms with Crippen molar-refractivity contribution in [2.24, 2.45) is 0 Å². The summed E-state index contributed by atoms with van der Waals surface area (Å²) in [5.41, 5.74) is 1.14. The molecule has 0 saturated carbocycles. The SMILES string of the molecule is CCc1cc(N(C)C(C)(C)CBr)nc(C)n1. The largest absolute Gasteiger partial charge is 0.354 e. The van der Waals surface area contributed by atoms with E-state index in [0.29, 0.717) is 0 Å². The Hall–Kier alpha value is -0.640. The van der Waals surface area contributed by atoms with Crippen molar-refractivity contribution in [1.82, 2.24) is 9.97 Å². The number of rotatable bonds is 4. The highest BCUT2D eigenvalue weighted by Crippen LogP contribution is 2.22. The Labute approximate surface area is 106 Å². The van der Waals surface area contributed by atoms with E-state index in [1.54, 1.807) is 0 Å². The van der Waals surface area contributed by atoms with E-state index in [1.807, 2.05) is 6.92 Å². The number of alkyl halides is 1. The fraction of sp³-hybridized carbons (Fsp3) is 0.667. The molecular formula is C12H20BrN3. The Morgan fingerprint density at radius 2 is 2.00 bits per heavy atom. The second-order valence-electron chi connectivity index (χ2n) is 4.62. The lowest BCUT2D eigenvalue weighted by Crippen LogP contribution is -2.43. The van der Waals surface area contributed by atoms with E-state index in [1.165, 1.54) is 0 Å². The van der Waals surface area contributed by atoms with Gasteiger partial charge in [-0.05, 0) is 27.2 Å². The highest BCUT2D eigenvalue weighted by molar-refractivity contribution is 9.09. The van der Waals surface area contributed by atoms with Gasteiger partial charge in [-0.3, -0.25) is 0 Å². The Bertz CT molecular complexity index is 363. The molecule has 0 aliphatic heterocycles. The fourth-order valence-corrected chi connectivity index (χ4v) is 1.74. The van der Waals surface area contributed by atoms with E-state index < -0.39 is 0 Å². The molecule has 0 saturated heterocycles. The molecule has 1 aromatic heterocycles. The second-order valence-corrected chi connectivity index (χ2v) is 5.18. The monoisotopic (exact) mass is 285 g/mol. The van der Waals surface area contributed by atoms with Crippen molar-refractivity contribution in [3.8, 4) is 0 Å². The lowest BCUT2D eigenvalue weighted by Gasteiger charge is -2.35. The van der Waals surface area contributed by atoms with Gasteiger partial charge in [0.25, 0.3) is 0 Å². The molecule has 90 valence electrons. The maximum Gasteiger partial charge on any atom is 0.132 e. The standard InChI is InChI=1S/C12H20BrN3/c1-6-10-7-11(15-9(2)14-10)16(5)12(3,4)8-13/h7H,6,8H2,1-5H3. The molecule has 0 aromatic carbocycles. The minimum absolute atomic E-state index is 0.0474. The molecular weight excluding hydrogens is 266 g/mol. The third-order valence-corrected chi connectivity index (χ3v) is 4.19. The zero-order valence-corrected chi connectivity index (χ0v) is 12.3. The molecule has 0 unspecified atom stereocenters. The molecule has 1 rings (SSSR count). The lowest BCUT2D eigenvalue weighted by atomic mass is 10.1. The summed E-state index contributed by atoms with van der Waals surface area (Å²) in [7, 11) is 2.07. The molecule has 0 bridgehead atoms. The van der Waals surface area contributed by atoms with Crippen LogP contribution in [0.5, 0.6) is 0 Å². The molecule has 0 aliphatic rings. The third kappa shape index (κ3) is 2.94. The van der Waals surface area contributed by atoms with Gasteiger partial charge in [0, 0.05) is 29.7 Å². The van der Waals surface area contributed by atoms with Crippen LogP contribution in [0.15, 0.2) is 6.07 Å². The van der Waals surface area contributed by atoms with Gasteiger partial charge >= 0.3 is 0 Å². The molecule has 1 aromatic rings. The van der Waals surface area contributed by atoms with Crippen molar-refractivity contribution >= 4 is 21.7 Å². The van der Waals surface area contributed by atoms with Crippen molar-refractivity contribution in [1.29, 1.82) is 0 Å². The van der Waals surface area contributed by atoms with Crippen LogP contribution in [0.1, 0.15) is 32.3 Å². The van der Waals surface area contributed by atoms with Gasteiger partial charge in [0.15, 0.2) is 0 Å². The van der Waals surface area contributed by atoms with Crippen molar-refractivity contribution in [2.45, 2.75) is 39.7 Å². The Balaban J connectivity index is 3.08. The third-order valence-electron chi connectivity index (χ3n) is 2.82. The number of hydrogen-bond acceptors (Lipinski definition) is 3. The molecule has 0 radical (unpaired) electrons. The van der Waals surface area contributed by atoms with E-state index in [9.17, 15) is 0 Å². The van der Waals surface area contributed by atoms with Gasteiger partial charge in [0.2, 0.25) is 0 Å². The van der Waals surface area contributed by atoms with Crippen molar-refractivity contribution in [2.75, 3.05) is 17.3 Å². The van der Waals surface area contributed by atoms with Crippen molar-refractivity contribution in [3.05, 3.63) is 17.6 Å². The first kappa shape index (κ1) is 13.4. The van der Waals surface area contributed by atoms with E-state index in [-0.39, 0.29) is 5.54 Å². The molecule has 0 fully saturated rings. The highest BCUT2D eigenvalue weighted by atomic mass is 79.9. The number of aryl methyl sites for hydroxylation is 2. The maximum atomic E-state index is 4.49. The first-order valence-corrected chi connectivity index (χ1v) is 6.67. The Kier molecular flexibility index (Phi) is 4.30. The van der Waals surface area contributed by atoms with Crippen LogP contribution < -0.4 is 4.90 Å². The summed E-state index contributed by atoms with van der Waals surface area (Å²) < 4.78 is 0. The first-order chi connectivity index (χ1) is 7.40. The van der Waals surface area contributed by atoms with Crippen LogP contribution in [0.2, 0.25) is 0 Å². The highest BCUT2D eigenvalue weighted by Gasteiger charge is 2.23. The van der Waals surface area contributed by atoms with Gasteiger partial charge in [-0.15, -0.1) is 0 Å². The molecule has 0 spiro atoms. The number of hydrogen-bond donors (Lipinski definition) is 0. The molecule has 4 heteroatoms. The molecule has 3 nitrogen and oxygen atoms in total. The fourth-order valence-electron chi connectivity index (χ4n) is 1.36. The van der Waals surface area contributed by atoms with Crippen molar-refractivity contribution in [3.63, 3.8) is 0 Å². The minimum atomic E-state index is 0.0474. The first-order valence-electron chi connectivity index (χ1n) is 5.55. The van der Waals surface area contributed by atoms with Crippen LogP contribution >= 0.6 is 15.9 Å². The van der Waals surface area contributed by atoms with Crippen LogP contribution in [-0.4, -0.2) is 27.9 Å². The topological polar surface area (TPSA) is 29.0 Å². The van der Waals surface area contributed by atoms with Crippen LogP contribution in [0, 0.1) is 6.92 Å². The van der Waals surface area contributed by atoms with E-state index >= 15 is 0 Å². The predicted octanol–water partition coefficient (Wildman–Crippen LogP) is 2.96. The molecule has 0 amide bonds. The van der Waals surface area contributed by atoms with E-state index in [4.69, 9.17) is 0 Å². The Morgan fingerprint density at radius 1 is 1.38 bits per heavy atom. The second kappa shape index (κ2) is 5.13. The summed E-state index contributed by atoms with van der Waals surface area (Å²) in [6, 6.07) is 2.07. The normalized spacial score (nSPS) is 11.6. The Morgan fingerprint density at radius 3 is 2.50 bits per heavy atom.